The molecule has 2 aromatic heterocycles. The first kappa shape index (κ1) is 16.2. The number of nitrogens with two attached hydrogens (primary N) is 1. The highest BCUT2D eigenvalue weighted by Crippen LogP contribution is 2.38. The van der Waals surface area contributed by atoms with Crippen LogP contribution in [0.3, 0.4) is 0 Å². The number of aryl methyl sites for hydroxylation is 1. The maximum Gasteiger partial charge on any atom is 0.220 e. The Balaban J connectivity index is 1.82. The molecule has 0 saturated heterocycles. The summed E-state index contributed by atoms with van der Waals surface area (Å²) in [4.78, 5) is 12.7. The van der Waals surface area contributed by atoms with Crippen LogP contribution >= 0.6 is 0 Å². The first-order valence-corrected chi connectivity index (χ1v) is 8.51. The fourth-order valence-corrected chi connectivity index (χ4v) is 3.78. The van der Waals surface area contributed by atoms with Crippen LogP contribution in [0.1, 0.15) is 34.9 Å². The molecule has 0 fully saturated rings. The van der Waals surface area contributed by atoms with Gasteiger partial charge in [-0.3, -0.25) is 4.98 Å². The van der Waals surface area contributed by atoms with Gasteiger partial charge in [0.25, 0.3) is 0 Å². The number of fused-ring (bicyclic) bond motifs is 1. The zero-order valence-corrected chi connectivity index (χ0v) is 14.4. The van der Waals surface area contributed by atoms with Gasteiger partial charge < -0.3 is 10.9 Å². The fourth-order valence-electron chi connectivity index (χ4n) is 3.78. The van der Waals surface area contributed by atoms with Crippen molar-refractivity contribution in [3.05, 3.63) is 71.3 Å². The lowest BCUT2D eigenvalue weighted by Gasteiger charge is -2.27. The molecule has 1 aliphatic rings. The number of nitrogens with zero attached hydrogens (tertiary/aromatic N) is 4. The Bertz CT molecular complexity index is 985. The van der Waals surface area contributed by atoms with E-state index in [9.17, 15) is 5.21 Å². The molecule has 0 bridgehead atoms. The van der Waals surface area contributed by atoms with E-state index >= 15 is 0 Å². The first-order valence-electron chi connectivity index (χ1n) is 8.51. The van der Waals surface area contributed by atoms with Crippen molar-refractivity contribution in [2.24, 2.45) is 5.16 Å². The molecule has 1 unspecified atom stereocenters. The van der Waals surface area contributed by atoms with Crippen LogP contribution in [0.2, 0.25) is 0 Å². The van der Waals surface area contributed by atoms with E-state index in [0.29, 0.717) is 12.1 Å². The molecule has 0 saturated carbocycles. The van der Waals surface area contributed by atoms with Crippen molar-refractivity contribution < 1.29 is 5.21 Å². The molecule has 0 spiro atoms. The highest BCUT2D eigenvalue weighted by Gasteiger charge is 2.30. The predicted octanol–water partition coefficient (Wildman–Crippen LogP) is 3.34. The van der Waals surface area contributed by atoms with Gasteiger partial charge in [0.2, 0.25) is 5.95 Å². The predicted molar refractivity (Wildman–Crippen MR) is 100 cm³/mol. The number of rotatable bonds is 2. The van der Waals surface area contributed by atoms with Crippen LogP contribution in [0.5, 0.6) is 0 Å². The normalized spacial score (nSPS) is 17.9. The van der Waals surface area contributed by atoms with Gasteiger partial charge in [0, 0.05) is 24.4 Å². The molecule has 2 heterocycles. The highest BCUT2D eigenvalue weighted by molar-refractivity contribution is 6.03. The van der Waals surface area contributed by atoms with Gasteiger partial charge in [0.05, 0.1) is 17.1 Å². The Labute approximate surface area is 151 Å². The summed E-state index contributed by atoms with van der Waals surface area (Å²) in [5, 5.41) is 13.1. The van der Waals surface area contributed by atoms with Crippen LogP contribution in [-0.2, 0) is 6.42 Å². The lowest BCUT2D eigenvalue weighted by molar-refractivity contribution is 0.316. The maximum absolute atomic E-state index is 9.58. The molecule has 3 N–H and O–H groups in total. The van der Waals surface area contributed by atoms with Gasteiger partial charge in [-0.05, 0) is 48.1 Å². The van der Waals surface area contributed by atoms with Crippen molar-refractivity contribution in [3.63, 3.8) is 0 Å². The smallest absolute Gasteiger partial charge is 0.220 e. The van der Waals surface area contributed by atoms with E-state index in [1.165, 1.54) is 5.56 Å². The van der Waals surface area contributed by atoms with Crippen LogP contribution in [0, 0.1) is 6.92 Å². The Kier molecular flexibility index (Phi) is 4.08. The number of benzene rings is 1. The molecule has 0 radical (unpaired) electrons. The summed E-state index contributed by atoms with van der Waals surface area (Å²) in [5.41, 5.74) is 12.3. The van der Waals surface area contributed by atoms with Gasteiger partial charge in [-0.1, -0.05) is 29.4 Å². The van der Waals surface area contributed by atoms with E-state index in [-0.39, 0.29) is 11.9 Å². The second kappa shape index (κ2) is 6.55. The molecule has 1 aromatic carbocycles. The summed E-state index contributed by atoms with van der Waals surface area (Å²) < 4.78 is 0. The molecular weight excluding hydrogens is 326 g/mol. The van der Waals surface area contributed by atoms with Gasteiger partial charge >= 0.3 is 0 Å². The molecular formula is C20H19N5O. The molecule has 1 aliphatic carbocycles. The fraction of sp³-hybridized carbons (Fsp3) is 0.200. The largest absolute Gasteiger partial charge is 0.411 e. The third-order valence-electron chi connectivity index (χ3n) is 4.86. The molecule has 0 aliphatic heterocycles. The summed E-state index contributed by atoms with van der Waals surface area (Å²) in [7, 11) is 0. The number of aromatic nitrogens is 3. The van der Waals surface area contributed by atoms with Crippen molar-refractivity contribution in [2.75, 3.05) is 5.73 Å². The first-order chi connectivity index (χ1) is 12.7. The average Bonchev–Trinajstić information content (AvgIpc) is 2.67. The number of anilines is 1. The van der Waals surface area contributed by atoms with Crippen LogP contribution in [-0.4, -0.2) is 25.9 Å². The zero-order chi connectivity index (χ0) is 18.1. The van der Waals surface area contributed by atoms with Crippen LogP contribution in [0.25, 0.3) is 11.1 Å². The van der Waals surface area contributed by atoms with Gasteiger partial charge in [0.1, 0.15) is 0 Å². The molecule has 0 amide bonds. The highest BCUT2D eigenvalue weighted by atomic mass is 16.4. The Morgan fingerprint density at radius 3 is 2.62 bits per heavy atom. The average molecular weight is 345 g/mol. The number of nitrogen functional groups attached to an aromatic ring is 1. The Morgan fingerprint density at radius 2 is 1.85 bits per heavy atom. The van der Waals surface area contributed by atoms with Gasteiger partial charge in [-0.2, -0.15) is 0 Å². The Morgan fingerprint density at radius 1 is 1.08 bits per heavy atom. The molecule has 3 aromatic rings. The SMILES string of the molecule is Cc1nc(N)nc2c1C(=NO)CC(c1ccccc1-c1ccncc1)C2. The summed E-state index contributed by atoms with van der Waals surface area (Å²) in [6.07, 6.45) is 4.93. The lowest BCUT2D eigenvalue weighted by Crippen LogP contribution is -2.24. The standard InChI is InChI=1S/C20H19N5O/c1-12-19-17(24-20(21)23-12)10-14(11-18(19)25-26)16-5-3-2-4-15(16)13-6-8-22-9-7-13/h2-9,14,26H,10-11H2,1H3,(H2,21,23,24). The minimum atomic E-state index is 0.145. The molecule has 26 heavy (non-hydrogen) atoms. The van der Waals surface area contributed by atoms with Gasteiger partial charge in [0.15, 0.2) is 0 Å². The van der Waals surface area contributed by atoms with E-state index in [2.05, 4.69) is 32.2 Å². The molecule has 4 rings (SSSR count). The molecule has 6 heteroatoms. The van der Waals surface area contributed by atoms with Crippen molar-refractivity contribution in [1.82, 2.24) is 15.0 Å². The summed E-state index contributed by atoms with van der Waals surface area (Å²) >= 11 is 0. The van der Waals surface area contributed by atoms with Crippen molar-refractivity contribution >= 4 is 11.7 Å². The number of hydrogen-bond donors (Lipinski definition) is 2. The summed E-state index contributed by atoms with van der Waals surface area (Å²) in [6.45, 7) is 1.87. The third kappa shape index (κ3) is 2.79. The topological polar surface area (TPSA) is 97.3 Å². The van der Waals surface area contributed by atoms with Crippen LogP contribution in [0.4, 0.5) is 5.95 Å². The summed E-state index contributed by atoms with van der Waals surface area (Å²) in [5.74, 6) is 0.396. The minimum absolute atomic E-state index is 0.145. The second-order valence-electron chi connectivity index (χ2n) is 6.46. The van der Waals surface area contributed by atoms with E-state index in [4.69, 9.17) is 5.73 Å². The van der Waals surface area contributed by atoms with E-state index in [1.807, 2.05) is 31.2 Å². The van der Waals surface area contributed by atoms with Crippen LogP contribution < -0.4 is 5.73 Å². The Hall–Kier alpha value is -3.28. The molecule has 130 valence electrons. The van der Waals surface area contributed by atoms with Gasteiger partial charge in [-0.25, -0.2) is 9.97 Å². The maximum atomic E-state index is 9.58. The van der Waals surface area contributed by atoms with Crippen molar-refractivity contribution in [1.29, 1.82) is 0 Å². The van der Waals surface area contributed by atoms with E-state index in [1.54, 1.807) is 12.4 Å². The van der Waals surface area contributed by atoms with E-state index in [0.717, 1.165) is 34.5 Å². The van der Waals surface area contributed by atoms with Crippen molar-refractivity contribution in [3.8, 4) is 11.1 Å². The molecule has 1 atom stereocenters. The third-order valence-corrected chi connectivity index (χ3v) is 4.86. The number of hydrogen-bond acceptors (Lipinski definition) is 6. The van der Waals surface area contributed by atoms with Crippen molar-refractivity contribution in [2.45, 2.75) is 25.7 Å². The quantitative estimate of drug-likeness (QED) is 0.548. The monoisotopic (exact) mass is 345 g/mol. The lowest BCUT2D eigenvalue weighted by atomic mass is 9.78. The van der Waals surface area contributed by atoms with Crippen LogP contribution in [0.15, 0.2) is 53.9 Å². The number of pyridine rings is 1. The molecule has 6 nitrogen and oxygen atoms in total. The van der Waals surface area contributed by atoms with Gasteiger partial charge in [-0.15, -0.1) is 0 Å². The van der Waals surface area contributed by atoms with E-state index < -0.39 is 0 Å². The summed E-state index contributed by atoms with van der Waals surface area (Å²) in [6, 6.07) is 12.3. The second-order valence-corrected chi connectivity index (χ2v) is 6.46. The zero-order valence-electron chi connectivity index (χ0n) is 14.4. The minimum Gasteiger partial charge on any atom is -0.411 e. The number of oxime groups is 1.